The second-order valence-electron chi connectivity index (χ2n) is 5.77. The molecule has 5 nitrogen and oxygen atoms in total. The second-order valence-corrected chi connectivity index (χ2v) is 6.71. The van der Waals surface area contributed by atoms with E-state index >= 15 is 0 Å². The van der Waals surface area contributed by atoms with Crippen molar-refractivity contribution in [2.75, 3.05) is 38.7 Å². The van der Waals surface area contributed by atoms with E-state index in [0.717, 1.165) is 43.4 Å². The zero-order valence-corrected chi connectivity index (χ0v) is 14.1. The average Bonchev–Trinajstić information content (AvgIpc) is 2.93. The van der Waals surface area contributed by atoms with Gasteiger partial charge in [-0.2, -0.15) is 0 Å². The topological polar surface area (TPSA) is 41.5 Å². The summed E-state index contributed by atoms with van der Waals surface area (Å²) in [5.41, 5.74) is 4.07. The summed E-state index contributed by atoms with van der Waals surface area (Å²) in [4.78, 5) is 14.8. The molecule has 22 heavy (non-hydrogen) atoms. The lowest BCUT2D eigenvalue weighted by atomic mass is 10.2. The van der Waals surface area contributed by atoms with Crippen LogP contribution in [0, 0.1) is 6.92 Å². The Morgan fingerprint density at radius 2 is 2.27 bits per heavy atom. The molecule has 1 fully saturated rings. The molecule has 0 saturated carbocycles. The summed E-state index contributed by atoms with van der Waals surface area (Å²) in [6.45, 7) is 5.61. The van der Waals surface area contributed by atoms with Crippen molar-refractivity contribution in [3.63, 3.8) is 0 Å². The predicted octanol–water partition coefficient (Wildman–Crippen LogP) is 2.49. The molecule has 0 aromatic carbocycles. The van der Waals surface area contributed by atoms with Gasteiger partial charge in [0.1, 0.15) is 11.9 Å². The number of ether oxygens (including phenoxy) is 1. The van der Waals surface area contributed by atoms with E-state index in [1.165, 1.54) is 4.88 Å². The van der Waals surface area contributed by atoms with E-state index in [2.05, 4.69) is 22.9 Å². The Bertz CT molecular complexity index is 628. The van der Waals surface area contributed by atoms with Crippen molar-refractivity contribution in [3.8, 4) is 0 Å². The van der Waals surface area contributed by atoms with E-state index in [4.69, 9.17) is 9.72 Å². The van der Waals surface area contributed by atoms with Gasteiger partial charge in [0.2, 0.25) is 0 Å². The summed E-state index contributed by atoms with van der Waals surface area (Å²) < 4.78 is 5.94. The smallest absolute Gasteiger partial charge is 0.128 e. The molecule has 2 aromatic rings. The molecule has 1 aliphatic heterocycles. The number of aryl methyl sites for hydroxylation is 1. The molecule has 0 N–H and O–H groups in total. The summed E-state index contributed by atoms with van der Waals surface area (Å²) in [5.74, 6) is 0.969. The maximum absolute atomic E-state index is 5.94. The fourth-order valence-electron chi connectivity index (χ4n) is 2.57. The lowest BCUT2D eigenvalue weighted by molar-refractivity contribution is -0.0347. The molecule has 0 amide bonds. The van der Waals surface area contributed by atoms with Gasteiger partial charge >= 0.3 is 0 Å². The summed E-state index contributed by atoms with van der Waals surface area (Å²) in [6.07, 6.45) is 0.0434. The number of anilines is 1. The minimum atomic E-state index is 0.0434. The molecule has 1 saturated heterocycles. The number of aromatic nitrogens is 2. The van der Waals surface area contributed by atoms with Gasteiger partial charge in [-0.25, -0.2) is 9.97 Å². The summed E-state index contributed by atoms with van der Waals surface area (Å²) in [6, 6.07) is 6.12. The Morgan fingerprint density at radius 1 is 1.41 bits per heavy atom. The molecule has 0 spiro atoms. The van der Waals surface area contributed by atoms with Crippen LogP contribution in [0.5, 0.6) is 0 Å². The molecule has 3 heterocycles. The third kappa shape index (κ3) is 3.45. The normalized spacial score (nSPS) is 19.3. The minimum absolute atomic E-state index is 0.0434. The van der Waals surface area contributed by atoms with Crippen LogP contribution in [0.3, 0.4) is 0 Å². The molecule has 6 heteroatoms. The SMILES string of the molecule is Cc1ncsc1CN1CCO[C@@H](c2cccc(N(C)C)n2)C1. The van der Waals surface area contributed by atoms with Gasteiger partial charge in [0.15, 0.2) is 0 Å². The van der Waals surface area contributed by atoms with Crippen molar-refractivity contribution >= 4 is 17.2 Å². The Hall–Kier alpha value is -1.50. The van der Waals surface area contributed by atoms with Crippen molar-refractivity contribution in [2.45, 2.75) is 19.6 Å². The molecule has 118 valence electrons. The van der Waals surface area contributed by atoms with Crippen molar-refractivity contribution in [1.29, 1.82) is 0 Å². The van der Waals surface area contributed by atoms with Crippen LogP contribution < -0.4 is 4.90 Å². The van der Waals surface area contributed by atoms with Crippen molar-refractivity contribution in [3.05, 3.63) is 40.0 Å². The highest BCUT2D eigenvalue weighted by molar-refractivity contribution is 7.09. The monoisotopic (exact) mass is 318 g/mol. The summed E-state index contributed by atoms with van der Waals surface area (Å²) in [7, 11) is 4.01. The number of pyridine rings is 1. The molecule has 0 aliphatic carbocycles. The van der Waals surface area contributed by atoms with Crippen LogP contribution in [0.2, 0.25) is 0 Å². The number of hydrogen-bond donors (Lipinski definition) is 0. The minimum Gasteiger partial charge on any atom is -0.369 e. The quantitative estimate of drug-likeness (QED) is 0.866. The highest BCUT2D eigenvalue weighted by Gasteiger charge is 2.24. The molecule has 0 radical (unpaired) electrons. The third-order valence-electron chi connectivity index (χ3n) is 3.91. The number of hydrogen-bond acceptors (Lipinski definition) is 6. The Labute approximate surface area is 135 Å². The van der Waals surface area contributed by atoms with Crippen molar-refractivity contribution < 1.29 is 4.74 Å². The molecule has 3 rings (SSSR count). The maximum atomic E-state index is 5.94. The van der Waals surface area contributed by atoms with E-state index in [1.54, 1.807) is 11.3 Å². The Kier molecular flexibility index (Phi) is 4.71. The first-order chi connectivity index (χ1) is 10.6. The van der Waals surface area contributed by atoms with Gasteiger partial charge in [-0.05, 0) is 19.1 Å². The van der Waals surface area contributed by atoms with E-state index < -0.39 is 0 Å². The van der Waals surface area contributed by atoms with Crippen molar-refractivity contribution in [1.82, 2.24) is 14.9 Å². The summed E-state index contributed by atoms with van der Waals surface area (Å²) in [5, 5.41) is 0. The van der Waals surface area contributed by atoms with Gasteiger partial charge in [0.05, 0.1) is 23.5 Å². The molecule has 1 aliphatic rings. The maximum Gasteiger partial charge on any atom is 0.128 e. The van der Waals surface area contributed by atoms with E-state index in [0.29, 0.717) is 0 Å². The van der Waals surface area contributed by atoms with Gasteiger partial charge < -0.3 is 9.64 Å². The Balaban J connectivity index is 1.70. The zero-order valence-electron chi connectivity index (χ0n) is 13.3. The lowest BCUT2D eigenvalue weighted by Gasteiger charge is -2.32. The summed E-state index contributed by atoms with van der Waals surface area (Å²) >= 11 is 1.73. The highest BCUT2D eigenvalue weighted by atomic mass is 32.1. The van der Waals surface area contributed by atoms with Crippen LogP contribution in [0.1, 0.15) is 22.4 Å². The number of nitrogens with zero attached hydrogens (tertiary/aromatic N) is 4. The first-order valence-electron chi connectivity index (χ1n) is 7.50. The second kappa shape index (κ2) is 6.73. The molecule has 1 atom stereocenters. The number of rotatable bonds is 4. The van der Waals surface area contributed by atoms with Gasteiger partial charge in [-0.3, -0.25) is 4.90 Å². The predicted molar refractivity (Wildman–Crippen MR) is 89.4 cm³/mol. The molecular weight excluding hydrogens is 296 g/mol. The van der Waals surface area contributed by atoms with E-state index in [9.17, 15) is 0 Å². The van der Waals surface area contributed by atoms with Crippen LogP contribution in [0.15, 0.2) is 23.7 Å². The molecule has 2 aromatic heterocycles. The first-order valence-corrected chi connectivity index (χ1v) is 8.38. The third-order valence-corrected chi connectivity index (χ3v) is 4.83. The van der Waals surface area contributed by atoms with Crippen LogP contribution in [0.25, 0.3) is 0 Å². The molecule has 0 unspecified atom stereocenters. The fraction of sp³-hybridized carbons (Fsp3) is 0.500. The average molecular weight is 318 g/mol. The largest absolute Gasteiger partial charge is 0.369 e. The first kappa shape index (κ1) is 15.4. The number of morpholine rings is 1. The van der Waals surface area contributed by atoms with E-state index in [1.807, 2.05) is 36.6 Å². The number of thiazole rings is 1. The van der Waals surface area contributed by atoms with Gasteiger partial charge in [0.25, 0.3) is 0 Å². The van der Waals surface area contributed by atoms with Crippen molar-refractivity contribution in [2.24, 2.45) is 0 Å². The van der Waals surface area contributed by atoms with Crippen LogP contribution >= 0.6 is 11.3 Å². The van der Waals surface area contributed by atoms with Crippen LogP contribution in [-0.2, 0) is 11.3 Å². The lowest BCUT2D eigenvalue weighted by Crippen LogP contribution is -2.38. The standard InChI is InChI=1S/C16H22N4OS/c1-12-15(22-11-17-12)10-20-7-8-21-14(9-20)13-5-4-6-16(18-13)19(2)3/h4-6,11,14H,7-10H2,1-3H3/t14-/m1/s1. The highest BCUT2D eigenvalue weighted by Crippen LogP contribution is 2.24. The van der Waals surface area contributed by atoms with Crippen LogP contribution in [-0.4, -0.2) is 48.7 Å². The zero-order chi connectivity index (χ0) is 15.5. The van der Waals surface area contributed by atoms with Crippen LogP contribution in [0.4, 0.5) is 5.82 Å². The Morgan fingerprint density at radius 3 is 3.00 bits per heavy atom. The van der Waals surface area contributed by atoms with E-state index in [-0.39, 0.29) is 6.10 Å². The van der Waals surface area contributed by atoms with Gasteiger partial charge in [0, 0.05) is 38.6 Å². The molecular formula is C16H22N4OS. The van der Waals surface area contributed by atoms with Gasteiger partial charge in [-0.1, -0.05) is 6.07 Å². The molecule has 0 bridgehead atoms. The fourth-order valence-corrected chi connectivity index (χ4v) is 3.39. The van der Waals surface area contributed by atoms with Gasteiger partial charge in [-0.15, -0.1) is 11.3 Å².